The molecule has 135 valence electrons. The Hall–Kier alpha value is -0.806. The molecule has 24 heavy (non-hydrogen) atoms. The van der Waals surface area contributed by atoms with Gasteiger partial charge in [-0.2, -0.15) is 0 Å². The number of carbonyl (C=O) groups excluding carboxylic acids is 1. The first-order valence-electron chi connectivity index (χ1n) is 7.98. The standard InChI is InChI=1S/C13H19NO2.C5H9ClO.V/c1-9(2)12(13(15)16)14-8-11-6-4-10(3)5-7-11;1-2-3-4-5(6)7;/h4-7,9,12,14H,8H2,1-3H3,(H,15,16);2-4H2,1H3;. The van der Waals surface area contributed by atoms with Crippen molar-refractivity contribution < 1.29 is 33.3 Å². The maximum atomic E-state index is 11.0. The monoisotopic (exact) mass is 392 g/mol. The summed E-state index contributed by atoms with van der Waals surface area (Å²) >= 11 is 5.02. The normalized spacial score (nSPS) is 11.1. The van der Waals surface area contributed by atoms with Crippen molar-refractivity contribution in [2.75, 3.05) is 0 Å². The number of nitrogens with one attached hydrogen (secondary N) is 1. The summed E-state index contributed by atoms with van der Waals surface area (Å²) in [6.45, 7) is 8.46. The van der Waals surface area contributed by atoms with Gasteiger partial charge in [-0.1, -0.05) is 57.0 Å². The van der Waals surface area contributed by atoms with E-state index in [-0.39, 0.29) is 29.7 Å². The van der Waals surface area contributed by atoms with Crippen molar-refractivity contribution in [1.29, 1.82) is 0 Å². The summed E-state index contributed by atoms with van der Waals surface area (Å²) in [5.41, 5.74) is 2.32. The predicted molar refractivity (Wildman–Crippen MR) is 94.7 cm³/mol. The SMILES string of the molecule is CCCCC(=O)Cl.Cc1ccc(CNC(C(=O)O)C(C)C)cc1.[V]. The minimum Gasteiger partial charge on any atom is -0.480 e. The Morgan fingerprint density at radius 3 is 2.08 bits per heavy atom. The Balaban J connectivity index is 0. The molecule has 0 saturated heterocycles. The summed E-state index contributed by atoms with van der Waals surface area (Å²) < 4.78 is 0. The van der Waals surface area contributed by atoms with E-state index < -0.39 is 12.0 Å². The summed E-state index contributed by atoms with van der Waals surface area (Å²) in [7, 11) is 0. The molecular formula is C18H28ClNO3V. The molecular weight excluding hydrogens is 365 g/mol. The number of carbonyl (C=O) groups is 2. The van der Waals surface area contributed by atoms with Crippen LogP contribution in [0.2, 0.25) is 0 Å². The molecule has 0 spiro atoms. The third kappa shape index (κ3) is 12.6. The fraction of sp³-hybridized carbons (Fsp3) is 0.556. The van der Waals surface area contributed by atoms with E-state index in [1.54, 1.807) is 0 Å². The smallest absolute Gasteiger partial charge is 0.320 e. The average Bonchev–Trinajstić information content (AvgIpc) is 2.47. The number of carboxylic acid groups (broad SMARTS) is 1. The molecule has 6 heteroatoms. The van der Waals surface area contributed by atoms with Crippen LogP contribution < -0.4 is 5.32 Å². The number of unbranched alkanes of at least 4 members (excludes halogenated alkanes) is 1. The summed E-state index contributed by atoms with van der Waals surface area (Å²) in [4.78, 5) is 20.9. The molecule has 1 unspecified atom stereocenters. The van der Waals surface area contributed by atoms with Crippen molar-refractivity contribution in [1.82, 2.24) is 5.32 Å². The second-order valence-electron chi connectivity index (χ2n) is 5.89. The van der Waals surface area contributed by atoms with Gasteiger partial charge in [0.15, 0.2) is 0 Å². The molecule has 0 aromatic heterocycles. The van der Waals surface area contributed by atoms with Crippen LogP contribution in [-0.4, -0.2) is 22.4 Å². The molecule has 2 N–H and O–H groups in total. The van der Waals surface area contributed by atoms with Crippen LogP contribution in [0.25, 0.3) is 0 Å². The number of halogens is 1. The van der Waals surface area contributed by atoms with Gasteiger partial charge in [-0.05, 0) is 36.4 Å². The minimum atomic E-state index is -0.790. The Kier molecular flexibility index (Phi) is 15.4. The van der Waals surface area contributed by atoms with Crippen molar-refractivity contribution >= 4 is 22.8 Å². The summed E-state index contributed by atoms with van der Waals surface area (Å²) in [6.07, 6.45) is 2.48. The van der Waals surface area contributed by atoms with E-state index in [4.69, 9.17) is 16.7 Å². The van der Waals surface area contributed by atoms with Gasteiger partial charge < -0.3 is 10.4 Å². The molecule has 0 aliphatic carbocycles. The molecule has 0 aliphatic rings. The Bertz CT molecular complexity index is 478. The van der Waals surface area contributed by atoms with Crippen LogP contribution in [0.4, 0.5) is 0 Å². The molecule has 1 rings (SSSR count). The summed E-state index contributed by atoms with van der Waals surface area (Å²) in [5, 5.41) is 11.8. The van der Waals surface area contributed by atoms with E-state index in [2.05, 4.69) is 5.32 Å². The van der Waals surface area contributed by atoms with Crippen molar-refractivity contribution in [2.45, 2.75) is 59.5 Å². The Morgan fingerprint density at radius 2 is 1.75 bits per heavy atom. The molecule has 0 amide bonds. The summed E-state index contributed by atoms with van der Waals surface area (Å²) in [6, 6.07) is 7.61. The maximum absolute atomic E-state index is 11.0. The number of aliphatic carboxylic acids is 1. The zero-order valence-electron chi connectivity index (χ0n) is 14.9. The third-order valence-corrected chi connectivity index (χ3v) is 3.50. The minimum absolute atomic E-state index is 0. The first-order chi connectivity index (χ1) is 10.8. The van der Waals surface area contributed by atoms with Crippen molar-refractivity contribution in [3.63, 3.8) is 0 Å². The van der Waals surface area contributed by atoms with Gasteiger partial charge in [0, 0.05) is 31.5 Å². The van der Waals surface area contributed by atoms with Crippen LogP contribution in [0.15, 0.2) is 24.3 Å². The number of hydrogen-bond donors (Lipinski definition) is 2. The van der Waals surface area contributed by atoms with Crippen molar-refractivity contribution in [3.05, 3.63) is 35.4 Å². The average molecular weight is 393 g/mol. The fourth-order valence-electron chi connectivity index (χ4n) is 1.86. The quantitative estimate of drug-likeness (QED) is 0.653. The molecule has 0 aliphatic heterocycles. The van der Waals surface area contributed by atoms with E-state index in [1.807, 2.05) is 52.0 Å². The molecule has 1 aromatic carbocycles. The molecule has 0 heterocycles. The number of carboxylic acids is 1. The van der Waals surface area contributed by atoms with E-state index in [0.29, 0.717) is 13.0 Å². The van der Waals surface area contributed by atoms with Crippen LogP contribution in [0, 0.1) is 12.8 Å². The zero-order valence-corrected chi connectivity index (χ0v) is 17.0. The topological polar surface area (TPSA) is 66.4 Å². The molecule has 1 aromatic rings. The zero-order chi connectivity index (χ0) is 17.8. The van der Waals surface area contributed by atoms with Crippen LogP contribution in [0.1, 0.15) is 51.2 Å². The first kappa shape index (κ1) is 25.4. The van der Waals surface area contributed by atoms with E-state index >= 15 is 0 Å². The second kappa shape index (κ2) is 14.5. The third-order valence-electron chi connectivity index (χ3n) is 3.31. The predicted octanol–water partition coefficient (Wildman–Crippen LogP) is 4.13. The van der Waals surface area contributed by atoms with E-state index in [9.17, 15) is 9.59 Å². The van der Waals surface area contributed by atoms with Crippen LogP contribution >= 0.6 is 11.6 Å². The molecule has 0 bridgehead atoms. The van der Waals surface area contributed by atoms with Crippen LogP contribution in [-0.2, 0) is 34.7 Å². The van der Waals surface area contributed by atoms with Crippen molar-refractivity contribution in [3.8, 4) is 0 Å². The number of hydrogen-bond acceptors (Lipinski definition) is 3. The molecule has 0 fully saturated rings. The molecule has 1 radical (unpaired) electrons. The second-order valence-corrected chi connectivity index (χ2v) is 6.31. The summed E-state index contributed by atoms with van der Waals surface area (Å²) in [5.74, 6) is -0.704. The van der Waals surface area contributed by atoms with E-state index in [1.165, 1.54) is 5.56 Å². The number of benzene rings is 1. The van der Waals surface area contributed by atoms with Gasteiger partial charge in [-0.25, -0.2) is 0 Å². The van der Waals surface area contributed by atoms with Gasteiger partial charge in [0.1, 0.15) is 6.04 Å². The molecule has 0 saturated carbocycles. The van der Waals surface area contributed by atoms with Gasteiger partial charge in [-0.15, -0.1) is 0 Å². The van der Waals surface area contributed by atoms with Gasteiger partial charge in [0.2, 0.25) is 5.24 Å². The van der Waals surface area contributed by atoms with Gasteiger partial charge in [0.25, 0.3) is 0 Å². The number of aryl methyl sites for hydroxylation is 1. The van der Waals surface area contributed by atoms with Gasteiger partial charge >= 0.3 is 5.97 Å². The van der Waals surface area contributed by atoms with Crippen LogP contribution in [0.5, 0.6) is 0 Å². The molecule has 4 nitrogen and oxygen atoms in total. The largest absolute Gasteiger partial charge is 0.480 e. The first-order valence-corrected chi connectivity index (χ1v) is 8.35. The Morgan fingerprint density at radius 1 is 1.21 bits per heavy atom. The van der Waals surface area contributed by atoms with Gasteiger partial charge in [-0.3, -0.25) is 9.59 Å². The van der Waals surface area contributed by atoms with Gasteiger partial charge in [0.05, 0.1) is 0 Å². The fourth-order valence-corrected chi connectivity index (χ4v) is 1.99. The van der Waals surface area contributed by atoms with Crippen LogP contribution in [0.3, 0.4) is 0 Å². The Labute approximate surface area is 162 Å². The molecule has 1 atom stereocenters. The number of rotatable bonds is 8. The maximum Gasteiger partial charge on any atom is 0.320 e. The van der Waals surface area contributed by atoms with E-state index in [0.717, 1.165) is 18.4 Å². The van der Waals surface area contributed by atoms with Crippen molar-refractivity contribution in [2.24, 2.45) is 5.92 Å².